The lowest BCUT2D eigenvalue weighted by Crippen LogP contribution is -2.32. The summed E-state index contributed by atoms with van der Waals surface area (Å²) in [5, 5.41) is 2.59. The van der Waals surface area contributed by atoms with Gasteiger partial charge in [-0.25, -0.2) is 4.79 Å². The van der Waals surface area contributed by atoms with Crippen LogP contribution >= 0.6 is 0 Å². The van der Waals surface area contributed by atoms with Crippen molar-refractivity contribution in [3.05, 3.63) is 12.2 Å². The first-order chi connectivity index (χ1) is 10.2. The summed E-state index contributed by atoms with van der Waals surface area (Å²) >= 11 is 0. The van der Waals surface area contributed by atoms with Crippen LogP contribution < -0.4 is 11.1 Å². The van der Waals surface area contributed by atoms with Crippen LogP contribution in [0.4, 0.5) is 4.79 Å². The Balaban J connectivity index is 0. The summed E-state index contributed by atoms with van der Waals surface area (Å²) < 4.78 is 5.08. The van der Waals surface area contributed by atoms with Crippen molar-refractivity contribution in [1.82, 2.24) is 5.32 Å². The van der Waals surface area contributed by atoms with Gasteiger partial charge in [-0.3, -0.25) is 4.79 Å². The van der Waals surface area contributed by atoms with Gasteiger partial charge in [-0.2, -0.15) is 0 Å². The van der Waals surface area contributed by atoms with E-state index in [0.717, 1.165) is 19.3 Å². The van der Waals surface area contributed by atoms with Crippen molar-refractivity contribution in [2.45, 2.75) is 72.8 Å². The molecule has 5 nitrogen and oxygen atoms in total. The topological polar surface area (TPSA) is 81.4 Å². The lowest BCUT2D eigenvalue weighted by molar-refractivity contribution is -0.120. The Bertz CT molecular complexity index is 333. The van der Waals surface area contributed by atoms with E-state index in [1.807, 2.05) is 0 Å². The van der Waals surface area contributed by atoms with E-state index in [2.05, 4.69) is 26.1 Å². The highest BCUT2D eigenvalue weighted by atomic mass is 16.6. The number of carbonyl (C=O) groups is 2. The van der Waals surface area contributed by atoms with Crippen LogP contribution in [-0.4, -0.2) is 24.1 Å². The molecule has 0 spiro atoms. The third kappa shape index (κ3) is 16.5. The molecule has 0 unspecified atom stereocenters. The fraction of sp³-hybridized carbons (Fsp3) is 0.765. The minimum absolute atomic E-state index is 0.264. The summed E-state index contributed by atoms with van der Waals surface area (Å²) in [5.41, 5.74) is 4.79. The number of primary amides is 1. The first kappa shape index (κ1) is 22.8. The Morgan fingerprint density at radius 3 is 2.18 bits per heavy atom. The Kier molecular flexibility index (Phi) is 13.6. The van der Waals surface area contributed by atoms with Crippen molar-refractivity contribution in [3.8, 4) is 0 Å². The maximum absolute atomic E-state index is 11.4. The smallest absolute Gasteiger partial charge is 0.407 e. The predicted molar refractivity (Wildman–Crippen MR) is 91.6 cm³/mol. The lowest BCUT2D eigenvalue weighted by atomic mass is 10.0. The molecule has 0 saturated carbocycles. The number of rotatable bonds is 7. The third-order valence-electron chi connectivity index (χ3n) is 2.37. The van der Waals surface area contributed by atoms with Crippen LogP contribution in [0.25, 0.3) is 0 Å². The second kappa shape index (κ2) is 13.2. The number of nitrogens with one attached hydrogen (secondary N) is 1. The summed E-state index contributed by atoms with van der Waals surface area (Å²) in [5.74, 6) is -0.595. The average molecular weight is 314 g/mol. The molecule has 0 aromatic heterocycles. The van der Waals surface area contributed by atoms with E-state index in [9.17, 15) is 9.59 Å². The summed E-state index contributed by atoms with van der Waals surface area (Å²) in [6.45, 7) is 12.0. The second-order valence-corrected chi connectivity index (χ2v) is 6.17. The van der Waals surface area contributed by atoms with Gasteiger partial charge in [-0.1, -0.05) is 52.2 Å². The van der Waals surface area contributed by atoms with Crippen LogP contribution in [-0.2, 0) is 9.53 Å². The van der Waals surface area contributed by atoms with Crippen molar-refractivity contribution in [2.75, 3.05) is 6.54 Å². The SMILES string of the molecule is CCC.CCCC[C@H](/C=C/CNC(=O)OC(C)(C)C)C(N)=O. The zero-order valence-electron chi connectivity index (χ0n) is 15.1. The van der Waals surface area contributed by atoms with Crippen molar-refractivity contribution >= 4 is 12.0 Å². The first-order valence-electron chi connectivity index (χ1n) is 8.10. The number of ether oxygens (including phenoxy) is 1. The Morgan fingerprint density at radius 1 is 1.23 bits per heavy atom. The molecule has 1 atom stereocenters. The quantitative estimate of drug-likeness (QED) is 0.702. The van der Waals surface area contributed by atoms with Gasteiger partial charge in [0, 0.05) is 6.54 Å². The maximum Gasteiger partial charge on any atom is 0.407 e. The number of unbranched alkanes of at least 4 members (excludes halogenated alkanes) is 1. The molecule has 0 fully saturated rings. The molecule has 0 heterocycles. The van der Waals surface area contributed by atoms with E-state index in [4.69, 9.17) is 10.5 Å². The highest BCUT2D eigenvalue weighted by Crippen LogP contribution is 2.09. The Morgan fingerprint density at radius 2 is 1.77 bits per heavy atom. The molecular weight excluding hydrogens is 280 g/mol. The van der Waals surface area contributed by atoms with Crippen LogP contribution in [0.1, 0.15) is 67.2 Å². The molecule has 2 amide bonds. The Labute approximate surface area is 135 Å². The lowest BCUT2D eigenvalue weighted by Gasteiger charge is -2.19. The molecule has 0 rings (SSSR count). The minimum Gasteiger partial charge on any atom is -0.444 e. The molecule has 0 aliphatic rings. The molecule has 0 radical (unpaired) electrons. The van der Waals surface area contributed by atoms with Gasteiger partial charge < -0.3 is 15.8 Å². The van der Waals surface area contributed by atoms with Gasteiger partial charge in [-0.05, 0) is 27.2 Å². The van der Waals surface area contributed by atoms with E-state index in [0.29, 0.717) is 6.54 Å². The number of nitrogens with two attached hydrogens (primary N) is 1. The summed E-state index contributed by atoms with van der Waals surface area (Å²) in [7, 11) is 0. The molecule has 0 saturated heterocycles. The average Bonchev–Trinajstić information content (AvgIpc) is 2.36. The van der Waals surface area contributed by atoms with Gasteiger partial charge in [0.15, 0.2) is 0 Å². The van der Waals surface area contributed by atoms with Crippen LogP contribution in [0.3, 0.4) is 0 Å². The largest absolute Gasteiger partial charge is 0.444 e. The number of hydrogen-bond donors (Lipinski definition) is 2. The third-order valence-corrected chi connectivity index (χ3v) is 2.37. The number of carbonyl (C=O) groups excluding carboxylic acids is 2. The van der Waals surface area contributed by atoms with Crippen molar-refractivity contribution in [3.63, 3.8) is 0 Å². The van der Waals surface area contributed by atoms with Crippen molar-refractivity contribution in [1.29, 1.82) is 0 Å². The van der Waals surface area contributed by atoms with Crippen molar-refractivity contribution in [2.24, 2.45) is 11.7 Å². The summed E-state index contributed by atoms with van der Waals surface area (Å²) in [4.78, 5) is 22.5. The molecule has 22 heavy (non-hydrogen) atoms. The second-order valence-electron chi connectivity index (χ2n) is 6.17. The molecule has 130 valence electrons. The number of hydrogen-bond acceptors (Lipinski definition) is 3. The standard InChI is InChI=1S/C14H26N2O3.C3H8/c1-5-6-8-11(12(15)17)9-7-10-16-13(18)19-14(2,3)4;1-3-2/h7,9,11H,5-6,8,10H2,1-4H3,(H2,15,17)(H,16,18);3H2,1-2H3/b9-7+;/t11-;/m1./s1. The van der Waals surface area contributed by atoms with E-state index in [-0.39, 0.29) is 11.8 Å². The molecule has 3 N–H and O–H groups in total. The summed E-state index contributed by atoms with van der Waals surface area (Å²) in [6.07, 6.45) is 6.98. The molecule has 0 aromatic rings. The Hall–Kier alpha value is -1.52. The van der Waals surface area contributed by atoms with Gasteiger partial charge in [0.25, 0.3) is 0 Å². The molecule has 0 bridgehead atoms. The fourth-order valence-electron chi connectivity index (χ4n) is 1.45. The summed E-state index contributed by atoms with van der Waals surface area (Å²) in [6, 6.07) is 0. The predicted octanol–water partition coefficient (Wildman–Crippen LogP) is 3.78. The molecule has 0 aromatic carbocycles. The zero-order chi connectivity index (χ0) is 17.6. The zero-order valence-corrected chi connectivity index (χ0v) is 15.1. The van der Waals surface area contributed by atoms with Crippen LogP contribution in [0.15, 0.2) is 12.2 Å². The van der Waals surface area contributed by atoms with Crippen molar-refractivity contribution < 1.29 is 14.3 Å². The van der Waals surface area contributed by atoms with Crippen LogP contribution in [0.5, 0.6) is 0 Å². The van der Waals surface area contributed by atoms with Gasteiger partial charge in [0.2, 0.25) is 5.91 Å². The molecular formula is C17H34N2O3. The molecule has 0 aliphatic heterocycles. The number of amides is 2. The molecule has 0 aliphatic carbocycles. The maximum atomic E-state index is 11.4. The number of alkyl carbamates (subject to hydrolysis) is 1. The normalized spacial score (nSPS) is 12.3. The van der Waals surface area contributed by atoms with E-state index >= 15 is 0 Å². The first-order valence-corrected chi connectivity index (χ1v) is 8.10. The highest BCUT2D eigenvalue weighted by molar-refractivity contribution is 5.78. The van der Waals surface area contributed by atoms with E-state index in [1.54, 1.807) is 32.9 Å². The molecule has 5 heteroatoms. The van der Waals surface area contributed by atoms with Gasteiger partial charge in [0.1, 0.15) is 5.60 Å². The van der Waals surface area contributed by atoms with Gasteiger partial charge in [0.05, 0.1) is 5.92 Å². The monoisotopic (exact) mass is 314 g/mol. The fourth-order valence-corrected chi connectivity index (χ4v) is 1.45. The van der Waals surface area contributed by atoms with E-state index < -0.39 is 11.7 Å². The highest BCUT2D eigenvalue weighted by Gasteiger charge is 2.15. The van der Waals surface area contributed by atoms with Gasteiger partial charge >= 0.3 is 6.09 Å². The van der Waals surface area contributed by atoms with Crippen LogP contribution in [0.2, 0.25) is 0 Å². The minimum atomic E-state index is -0.509. The van der Waals surface area contributed by atoms with Gasteiger partial charge in [-0.15, -0.1) is 0 Å². The van der Waals surface area contributed by atoms with Crippen LogP contribution in [0, 0.1) is 5.92 Å². The van der Waals surface area contributed by atoms with E-state index in [1.165, 1.54) is 6.42 Å².